The van der Waals surface area contributed by atoms with Crippen molar-refractivity contribution < 1.29 is 9.53 Å². The second-order valence-electron chi connectivity index (χ2n) is 9.69. The summed E-state index contributed by atoms with van der Waals surface area (Å²) in [6, 6.07) is 40.6. The molecule has 0 unspecified atom stereocenters. The van der Waals surface area contributed by atoms with Gasteiger partial charge in [-0.05, 0) is 78.9 Å². The fourth-order valence-electron chi connectivity index (χ4n) is 4.72. The predicted molar refractivity (Wildman–Crippen MR) is 173 cm³/mol. The van der Waals surface area contributed by atoms with Gasteiger partial charge in [0, 0.05) is 0 Å². The molecule has 0 N–H and O–H groups in total. The topological polar surface area (TPSA) is 41.9 Å². The number of carbonyl (C=O) groups excluding carboxylic acids is 1. The van der Waals surface area contributed by atoms with Crippen LogP contribution in [0.15, 0.2) is 136 Å². The third kappa shape index (κ3) is 6.45. The van der Waals surface area contributed by atoms with E-state index in [0.29, 0.717) is 29.8 Å². The quantitative estimate of drug-likeness (QED) is 0.163. The minimum Gasteiger partial charge on any atom is -0.488 e. The first-order valence-corrected chi connectivity index (χ1v) is 15.0. The molecular weight excluding hydrogens is 592 g/mol. The number of thioether (sulfide) groups is 1. The number of halogens is 1. The summed E-state index contributed by atoms with van der Waals surface area (Å²) in [5.74, 6) is 0.708. The molecule has 6 rings (SSSR count). The molecule has 0 radical (unpaired) electrons. The van der Waals surface area contributed by atoms with Crippen LogP contribution < -0.4 is 4.74 Å². The lowest BCUT2D eigenvalue weighted by molar-refractivity contribution is -0.122. The van der Waals surface area contributed by atoms with Crippen LogP contribution in [-0.2, 0) is 24.5 Å². The van der Waals surface area contributed by atoms with Crippen LogP contribution in [-0.4, -0.2) is 16.0 Å². The Morgan fingerprint density at radius 2 is 1.51 bits per heavy atom. The van der Waals surface area contributed by atoms with Gasteiger partial charge in [0.2, 0.25) is 0 Å². The van der Waals surface area contributed by atoms with E-state index in [2.05, 4.69) is 46.3 Å². The lowest BCUT2D eigenvalue weighted by Gasteiger charge is -2.15. The Balaban J connectivity index is 1.21. The van der Waals surface area contributed by atoms with Crippen molar-refractivity contribution in [1.82, 2.24) is 4.90 Å². The third-order valence-electron chi connectivity index (χ3n) is 6.83. The Labute approximate surface area is 252 Å². The molecule has 1 fully saturated rings. The lowest BCUT2D eigenvalue weighted by Crippen LogP contribution is -2.28. The summed E-state index contributed by atoms with van der Waals surface area (Å²) >= 11 is 5.09. The number of amidine groups is 1. The summed E-state index contributed by atoms with van der Waals surface area (Å²) in [7, 11) is 0. The van der Waals surface area contributed by atoms with Gasteiger partial charge < -0.3 is 4.74 Å². The monoisotopic (exact) mass is 618 g/mol. The van der Waals surface area contributed by atoms with Crippen molar-refractivity contribution in [3.05, 3.63) is 153 Å². The van der Waals surface area contributed by atoms with Gasteiger partial charge in [-0.25, -0.2) is 0 Å². The second-order valence-corrected chi connectivity index (χ2v) is 11.6. The summed E-state index contributed by atoms with van der Waals surface area (Å²) in [6.07, 6.45) is 1.93. The largest absolute Gasteiger partial charge is 0.488 e. The van der Waals surface area contributed by atoms with Crippen LogP contribution in [0.4, 0.5) is 0 Å². The average molecular weight is 620 g/mol. The van der Waals surface area contributed by atoms with Crippen molar-refractivity contribution in [2.75, 3.05) is 0 Å². The van der Waals surface area contributed by atoms with Gasteiger partial charge >= 0.3 is 0 Å². The van der Waals surface area contributed by atoms with Gasteiger partial charge in [-0.1, -0.05) is 109 Å². The normalized spacial score (nSPS) is 15.2. The van der Waals surface area contributed by atoms with Gasteiger partial charge in [0.15, 0.2) is 5.17 Å². The molecular formula is C35H27BrN2O2S. The Morgan fingerprint density at radius 1 is 0.805 bits per heavy atom. The number of rotatable bonds is 8. The van der Waals surface area contributed by atoms with Gasteiger partial charge in [-0.3, -0.25) is 14.7 Å². The number of amides is 1. The van der Waals surface area contributed by atoms with E-state index in [-0.39, 0.29) is 5.91 Å². The van der Waals surface area contributed by atoms with Crippen LogP contribution in [0.5, 0.6) is 5.75 Å². The summed E-state index contributed by atoms with van der Waals surface area (Å²) in [4.78, 5) is 20.8. The average Bonchev–Trinajstić information content (AvgIpc) is 3.30. The van der Waals surface area contributed by atoms with Crippen LogP contribution in [0, 0.1) is 0 Å². The second kappa shape index (κ2) is 12.6. The smallest absolute Gasteiger partial charge is 0.267 e. The third-order valence-corrected chi connectivity index (χ3v) is 8.49. The predicted octanol–water partition coefficient (Wildman–Crippen LogP) is 8.85. The maximum Gasteiger partial charge on any atom is 0.267 e. The molecule has 1 aliphatic rings. The first-order chi connectivity index (χ1) is 20.1. The van der Waals surface area contributed by atoms with E-state index in [9.17, 15) is 4.79 Å². The van der Waals surface area contributed by atoms with E-state index in [4.69, 9.17) is 9.73 Å². The van der Waals surface area contributed by atoms with Crippen LogP contribution in [0.2, 0.25) is 0 Å². The van der Waals surface area contributed by atoms with Gasteiger partial charge in [-0.2, -0.15) is 0 Å². The Kier molecular flexibility index (Phi) is 8.31. The fourth-order valence-corrected chi connectivity index (χ4v) is 6.21. The number of benzene rings is 5. The summed E-state index contributed by atoms with van der Waals surface area (Å²) in [5.41, 5.74) is 4.21. The zero-order chi connectivity index (χ0) is 28.0. The van der Waals surface area contributed by atoms with Crippen LogP contribution in [0.1, 0.15) is 22.3 Å². The molecule has 0 bridgehead atoms. The number of ether oxygens (including phenoxy) is 1. The molecule has 41 heavy (non-hydrogen) atoms. The molecule has 5 aromatic carbocycles. The SMILES string of the molecule is O=C1/C(=C\c2ccc(OCc3cccc4ccccc34)c(Br)c2)SC(=NCc2ccccc2)N1Cc1ccccc1. The summed E-state index contributed by atoms with van der Waals surface area (Å²) in [5, 5.41) is 3.10. The number of fused-ring (bicyclic) bond motifs is 1. The molecule has 1 aliphatic heterocycles. The van der Waals surface area contributed by atoms with Crippen LogP contribution >= 0.6 is 27.7 Å². The van der Waals surface area contributed by atoms with E-state index in [1.54, 1.807) is 4.90 Å². The molecule has 0 saturated carbocycles. The highest BCUT2D eigenvalue weighted by molar-refractivity contribution is 9.10. The van der Waals surface area contributed by atoms with Gasteiger partial charge in [0.25, 0.3) is 5.91 Å². The lowest BCUT2D eigenvalue weighted by atomic mass is 10.1. The highest BCUT2D eigenvalue weighted by Crippen LogP contribution is 2.35. The van der Waals surface area contributed by atoms with Crippen molar-refractivity contribution >= 4 is 55.6 Å². The number of nitrogens with zero attached hydrogens (tertiary/aromatic N) is 2. The molecule has 1 saturated heterocycles. The van der Waals surface area contributed by atoms with Crippen LogP contribution in [0.3, 0.4) is 0 Å². The van der Waals surface area contributed by atoms with E-state index in [0.717, 1.165) is 32.5 Å². The van der Waals surface area contributed by atoms with Crippen molar-refractivity contribution in [2.45, 2.75) is 19.7 Å². The molecule has 4 nitrogen and oxygen atoms in total. The fraction of sp³-hybridized carbons (Fsp3) is 0.0857. The van der Waals surface area contributed by atoms with Crippen molar-refractivity contribution in [3.8, 4) is 5.75 Å². The van der Waals surface area contributed by atoms with Gasteiger partial charge in [0.05, 0.1) is 22.5 Å². The molecule has 0 atom stereocenters. The zero-order valence-electron chi connectivity index (χ0n) is 22.2. The molecule has 0 aromatic heterocycles. The summed E-state index contributed by atoms with van der Waals surface area (Å²) < 4.78 is 7.02. The molecule has 6 heteroatoms. The van der Waals surface area contributed by atoms with Crippen molar-refractivity contribution in [3.63, 3.8) is 0 Å². The van der Waals surface area contributed by atoms with Crippen LogP contribution in [0.25, 0.3) is 16.8 Å². The minimum absolute atomic E-state index is 0.0435. The molecule has 0 aliphatic carbocycles. The molecule has 5 aromatic rings. The Bertz CT molecular complexity index is 1750. The van der Waals surface area contributed by atoms with E-state index in [1.807, 2.05) is 97.1 Å². The van der Waals surface area contributed by atoms with E-state index in [1.165, 1.54) is 22.5 Å². The number of hydrogen-bond acceptors (Lipinski definition) is 4. The Hall–Kier alpha value is -4.13. The first kappa shape index (κ1) is 27.1. The maximum atomic E-state index is 13.6. The van der Waals surface area contributed by atoms with Gasteiger partial charge in [-0.15, -0.1) is 0 Å². The highest BCUT2D eigenvalue weighted by Gasteiger charge is 2.33. The zero-order valence-corrected chi connectivity index (χ0v) is 24.6. The maximum absolute atomic E-state index is 13.6. The first-order valence-electron chi connectivity index (χ1n) is 13.4. The van der Waals surface area contributed by atoms with E-state index < -0.39 is 0 Å². The molecule has 202 valence electrons. The number of carbonyl (C=O) groups is 1. The van der Waals surface area contributed by atoms with Crippen molar-refractivity contribution in [2.24, 2.45) is 4.99 Å². The van der Waals surface area contributed by atoms with E-state index >= 15 is 0 Å². The summed E-state index contributed by atoms with van der Waals surface area (Å²) in [6.45, 7) is 1.45. The molecule has 1 amide bonds. The van der Waals surface area contributed by atoms with Gasteiger partial charge in [0.1, 0.15) is 12.4 Å². The van der Waals surface area contributed by atoms with Crippen molar-refractivity contribution in [1.29, 1.82) is 0 Å². The minimum atomic E-state index is -0.0435. The molecule has 1 heterocycles. The number of aliphatic imine (C=N–C) groups is 1. The Morgan fingerprint density at radius 3 is 2.29 bits per heavy atom. The standard InChI is InChI=1S/C35H27BrN2O2S/c36-31-20-27(18-19-32(31)40-24-29-16-9-15-28-14-7-8-17-30(28)29)21-33-34(39)38(23-26-12-5-2-6-13-26)35(41-33)37-22-25-10-3-1-4-11-25/h1-21H,22-24H2/b33-21+,37-35?. The highest BCUT2D eigenvalue weighted by atomic mass is 79.9. The number of hydrogen-bond donors (Lipinski definition) is 0. The molecule has 0 spiro atoms.